The van der Waals surface area contributed by atoms with E-state index in [2.05, 4.69) is 9.88 Å². The van der Waals surface area contributed by atoms with Crippen LogP contribution in [0.25, 0.3) is 11.1 Å². The Hall–Kier alpha value is -1.59. The highest BCUT2D eigenvalue weighted by Crippen LogP contribution is 2.24. The van der Waals surface area contributed by atoms with E-state index >= 15 is 0 Å². The highest BCUT2D eigenvalue weighted by Gasteiger charge is 2.27. The van der Waals surface area contributed by atoms with Crippen molar-refractivity contribution in [2.24, 2.45) is 0 Å². The zero-order chi connectivity index (χ0) is 13.5. The summed E-state index contributed by atoms with van der Waals surface area (Å²) in [6.45, 7) is 4.32. The monoisotopic (exact) mass is 261 g/mol. The number of oxazole rings is 1. The molecular formula is C14H19N3O2. The van der Waals surface area contributed by atoms with E-state index in [9.17, 15) is 5.11 Å². The molecule has 3 N–H and O–H groups in total. The van der Waals surface area contributed by atoms with Crippen molar-refractivity contribution in [3.05, 3.63) is 24.1 Å². The van der Waals surface area contributed by atoms with Crippen LogP contribution in [-0.4, -0.2) is 33.7 Å². The largest absolute Gasteiger partial charge is 0.439 e. The van der Waals surface area contributed by atoms with Crippen molar-refractivity contribution >= 4 is 16.8 Å². The van der Waals surface area contributed by atoms with Gasteiger partial charge in [0, 0.05) is 24.8 Å². The van der Waals surface area contributed by atoms with E-state index < -0.39 is 5.60 Å². The predicted molar refractivity (Wildman–Crippen MR) is 73.6 cm³/mol. The van der Waals surface area contributed by atoms with E-state index in [0.29, 0.717) is 18.1 Å². The molecule has 0 radical (unpaired) electrons. The number of aromatic nitrogens is 1. The Morgan fingerprint density at radius 1 is 1.42 bits per heavy atom. The molecule has 0 saturated carbocycles. The summed E-state index contributed by atoms with van der Waals surface area (Å²) in [6, 6.07) is 5.50. The summed E-state index contributed by atoms with van der Waals surface area (Å²) in [5, 5.41) is 9.92. The minimum Gasteiger partial charge on any atom is -0.439 e. The second kappa shape index (κ2) is 4.51. The average Bonchev–Trinajstić information content (AvgIpc) is 2.73. The van der Waals surface area contributed by atoms with Crippen molar-refractivity contribution in [1.82, 2.24) is 9.88 Å². The van der Waals surface area contributed by atoms with E-state index in [1.54, 1.807) is 6.07 Å². The maximum absolute atomic E-state index is 9.92. The first-order valence-electron chi connectivity index (χ1n) is 6.62. The molecule has 1 fully saturated rings. The highest BCUT2D eigenvalue weighted by molar-refractivity contribution is 5.76. The van der Waals surface area contributed by atoms with Crippen LogP contribution in [0.4, 0.5) is 5.69 Å². The van der Waals surface area contributed by atoms with Crippen molar-refractivity contribution < 1.29 is 9.52 Å². The van der Waals surface area contributed by atoms with E-state index in [1.807, 2.05) is 19.1 Å². The van der Waals surface area contributed by atoms with Crippen molar-refractivity contribution in [3.63, 3.8) is 0 Å². The van der Waals surface area contributed by atoms with Gasteiger partial charge in [-0.15, -0.1) is 0 Å². The second-order valence-electron chi connectivity index (χ2n) is 5.61. The van der Waals surface area contributed by atoms with Gasteiger partial charge >= 0.3 is 0 Å². The molecule has 1 aliphatic rings. The number of aliphatic hydroxyl groups is 1. The molecule has 1 aromatic carbocycles. The third-order valence-electron chi connectivity index (χ3n) is 3.75. The van der Waals surface area contributed by atoms with Crippen LogP contribution in [0.3, 0.4) is 0 Å². The fourth-order valence-electron chi connectivity index (χ4n) is 2.44. The Kier molecular flexibility index (Phi) is 2.95. The van der Waals surface area contributed by atoms with E-state index in [4.69, 9.17) is 10.2 Å². The molecule has 0 bridgehead atoms. The lowest BCUT2D eigenvalue weighted by molar-refractivity contribution is -0.00898. The van der Waals surface area contributed by atoms with E-state index in [1.165, 1.54) is 0 Å². The van der Waals surface area contributed by atoms with Crippen molar-refractivity contribution in [3.8, 4) is 0 Å². The molecule has 0 spiro atoms. The van der Waals surface area contributed by atoms with Crippen LogP contribution in [0.5, 0.6) is 0 Å². The van der Waals surface area contributed by atoms with Gasteiger partial charge in [0.25, 0.3) is 0 Å². The molecule has 5 heteroatoms. The number of nitrogens with zero attached hydrogens (tertiary/aromatic N) is 2. The quantitative estimate of drug-likeness (QED) is 0.806. The molecule has 0 aliphatic carbocycles. The fraction of sp³-hybridized carbons (Fsp3) is 0.500. The lowest BCUT2D eigenvalue weighted by Gasteiger charge is -2.35. The number of hydrogen-bond donors (Lipinski definition) is 2. The minimum atomic E-state index is -0.522. The van der Waals surface area contributed by atoms with Crippen LogP contribution >= 0.6 is 0 Å². The smallest absolute Gasteiger partial charge is 0.209 e. The van der Waals surface area contributed by atoms with Gasteiger partial charge in [-0.25, -0.2) is 4.98 Å². The number of piperidine rings is 1. The number of anilines is 1. The number of nitrogen functional groups attached to an aromatic ring is 1. The van der Waals surface area contributed by atoms with Crippen molar-refractivity contribution in [2.45, 2.75) is 31.9 Å². The summed E-state index contributed by atoms with van der Waals surface area (Å²) >= 11 is 0. The predicted octanol–water partition coefficient (Wildman–Crippen LogP) is 1.76. The molecule has 1 aliphatic heterocycles. The zero-order valence-corrected chi connectivity index (χ0v) is 11.1. The van der Waals surface area contributed by atoms with Crippen molar-refractivity contribution in [2.75, 3.05) is 18.8 Å². The lowest BCUT2D eigenvalue weighted by Crippen LogP contribution is -2.41. The second-order valence-corrected chi connectivity index (χ2v) is 5.61. The molecule has 0 unspecified atom stereocenters. The van der Waals surface area contributed by atoms with E-state index in [-0.39, 0.29) is 0 Å². The average molecular weight is 261 g/mol. The lowest BCUT2D eigenvalue weighted by atomic mass is 9.94. The maximum atomic E-state index is 9.92. The molecule has 19 heavy (non-hydrogen) atoms. The number of hydrogen-bond acceptors (Lipinski definition) is 5. The van der Waals surface area contributed by atoms with E-state index in [0.717, 1.165) is 37.0 Å². The van der Waals surface area contributed by atoms with Crippen LogP contribution < -0.4 is 5.73 Å². The molecule has 2 aromatic rings. The Morgan fingerprint density at radius 2 is 2.16 bits per heavy atom. The minimum absolute atomic E-state index is 0.522. The number of fused-ring (bicyclic) bond motifs is 1. The Labute approximate surface area is 112 Å². The molecule has 1 aromatic heterocycles. The van der Waals surface area contributed by atoms with Gasteiger partial charge in [0.15, 0.2) is 5.58 Å². The fourth-order valence-corrected chi connectivity index (χ4v) is 2.44. The van der Waals surface area contributed by atoms with Gasteiger partial charge in [-0.05, 0) is 31.9 Å². The Bertz CT molecular complexity index is 581. The van der Waals surface area contributed by atoms with Gasteiger partial charge in [0.1, 0.15) is 5.52 Å². The molecular weight excluding hydrogens is 242 g/mol. The summed E-state index contributed by atoms with van der Waals surface area (Å²) in [6.07, 6.45) is 1.58. The van der Waals surface area contributed by atoms with Crippen LogP contribution in [-0.2, 0) is 6.54 Å². The molecule has 1 saturated heterocycles. The molecule has 0 amide bonds. The number of rotatable bonds is 2. The van der Waals surface area contributed by atoms with Crippen LogP contribution in [0.2, 0.25) is 0 Å². The molecule has 102 valence electrons. The van der Waals surface area contributed by atoms with Crippen LogP contribution in [0.15, 0.2) is 22.6 Å². The van der Waals surface area contributed by atoms with Crippen LogP contribution in [0, 0.1) is 0 Å². The number of likely N-dealkylation sites (tertiary alicyclic amines) is 1. The van der Waals surface area contributed by atoms with Crippen molar-refractivity contribution in [1.29, 1.82) is 0 Å². The maximum Gasteiger partial charge on any atom is 0.209 e. The van der Waals surface area contributed by atoms with Gasteiger partial charge in [-0.2, -0.15) is 0 Å². The van der Waals surface area contributed by atoms with Gasteiger partial charge < -0.3 is 15.3 Å². The van der Waals surface area contributed by atoms with Crippen LogP contribution in [0.1, 0.15) is 25.7 Å². The molecule has 3 rings (SSSR count). The normalized spacial score (nSPS) is 19.9. The first-order valence-corrected chi connectivity index (χ1v) is 6.62. The Balaban J connectivity index is 1.72. The third kappa shape index (κ3) is 2.72. The topological polar surface area (TPSA) is 75.5 Å². The standard InChI is InChI=1S/C14H19N3O2/c1-14(18)4-6-17(7-5-14)9-13-16-11-3-2-10(15)8-12(11)19-13/h2-3,8,18H,4-7,9,15H2,1H3. The SMILES string of the molecule is CC1(O)CCN(Cc2nc3ccc(N)cc3o2)CC1. The molecule has 2 heterocycles. The summed E-state index contributed by atoms with van der Waals surface area (Å²) in [4.78, 5) is 6.71. The summed E-state index contributed by atoms with van der Waals surface area (Å²) in [7, 11) is 0. The van der Waals surface area contributed by atoms with Gasteiger partial charge in [-0.1, -0.05) is 0 Å². The molecule has 0 atom stereocenters. The van der Waals surface area contributed by atoms with Gasteiger partial charge in [0.2, 0.25) is 5.89 Å². The highest BCUT2D eigenvalue weighted by atomic mass is 16.3. The third-order valence-corrected chi connectivity index (χ3v) is 3.75. The Morgan fingerprint density at radius 3 is 2.89 bits per heavy atom. The van der Waals surface area contributed by atoms with Gasteiger partial charge in [-0.3, -0.25) is 4.90 Å². The summed E-state index contributed by atoms with van der Waals surface area (Å²) in [5.74, 6) is 0.710. The molecule has 5 nitrogen and oxygen atoms in total. The summed E-state index contributed by atoms with van der Waals surface area (Å²) < 4.78 is 5.71. The first-order chi connectivity index (χ1) is 9.02. The first kappa shape index (κ1) is 12.4. The van der Waals surface area contributed by atoms with Gasteiger partial charge in [0.05, 0.1) is 12.1 Å². The number of benzene rings is 1. The summed E-state index contributed by atoms with van der Waals surface area (Å²) in [5.41, 5.74) is 7.46. The zero-order valence-electron chi connectivity index (χ0n) is 11.1. The number of nitrogens with two attached hydrogens (primary N) is 1.